The Balaban J connectivity index is 2.16. The van der Waals surface area contributed by atoms with Crippen LogP contribution in [0.4, 0.5) is 0 Å². The minimum atomic E-state index is -3.51. The zero-order valence-electron chi connectivity index (χ0n) is 11.4. The van der Waals surface area contributed by atoms with Crippen molar-refractivity contribution in [3.05, 3.63) is 0 Å². The molecule has 0 aromatic rings. The number of rotatable bonds is 6. The predicted molar refractivity (Wildman–Crippen MR) is 70.8 cm³/mol. The van der Waals surface area contributed by atoms with E-state index in [1.807, 2.05) is 6.92 Å². The largest absolute Gasteiger partial charge is 0.481 e. The van der Waals surface area contributed by atoms with Crippen LogP contribution < -0.4 is 0 Å². The Bertz CT molecular complexity index is 451. The Morgan fingerprint density at radius 2 is 2.11 bits per heavy atom. The van der Waals surface area contributed by atoms with Crippen molar-refractivity contribution in [3.8, 4) is 0 Å². The highest BCUT2D eigenvalue weighted by molar-refractivity contribution is 7.86. The molecule has 2 rings (SSSR count). The van der Waals surface area contributed by atoms with Gasteiger partial charge in [-0.2, -0.15) is 17.0 Å². The van der Waals surface area contributed by atoms with Gasteiger partial charge >= 0.3 is 5.97 Å². The summed E-state index contributed by atoms with van der Waals surface area (Å²) in [5.41, 5.74) is 0. The zero-order chi connectivity index (χ0) is 14.2. The van der Waals surface area contributed by atoms with E-state index in [9.17, 15) is 13.2 Å². The highest BCUT2D eigenvalue weighted by Gasteiger charge is 2.54. The van der Waals surface area contributed by atoms with Crippen molar-refractivity contribution >= 4 is 16.2 Å². The molecule has 1 N–H and O–H groups in total. The van der Waals surface area contributed by atoms with Gasteiger partial charge in [0, 0.05) is 25.7 Å². The summed E-state index contributed by atoms with van der Waals surface area (Å²) in [4.78, 5) is 11.2. The Kier molecular flexibility index (Phi) is 4.17. The number of hydrogen-bond donors (Lipinski definition) is 1. The molecule has 0 saturated carbocycles. The number of carbonyl (C=O) groups is 1. The number of unbranched alkanes of at least 4 members (excludes halogenated alkanes) is 1. The molecule has 110 valence electrons. The molecule has 2 bridgehead atoms. The number of carboxylic acids is 1. The number of nitrogens with zero attached hydrogens (tertiary/aromatic N) is 2. The number of carboxylic acid groups (broad SMARTS) is 1. The van der Waals surface area contributed by atoms with Crippen LogP contribution in [0.15, 0.2) is 0 Å². The van der Waals surface area contributed by atoms with E-state index in [0.717, 1.165) is 19.3 Å². The summed E-state index contributed by atoms with van der Waals surface area (Å²) >= 11 is 0. The topological polar surface area (TPSA) is 77.9 Å². The van der Waals surface area contributed by atoms with Gasteiger partial charge in [0.1, 0.15) is 0 Å². The van der Waals surface area contributed by atoms with Crippen molar-refractivity contribution < 1.29 is 18.3 Å². The third-order valence-corrected chi connectivity index (χ3v) is 6.35. The van der Waals surface area contributed by atoms with Gasteiger partial charge < -0.3 is 5.11 Å². The van der Waals surface area contributed by atoms with Gasteiger partial charge in [-0.1, -0.05) is 13.3 Å². The maximum Gasteiger partial charge on any atom is 0.308 e. The van der Waals surface area contributed by atoms with Crippen LogP contribution in [0, 0.1) is 5.92 Å². The minimum absolute atomic E-state index is 0.125. The second-order valence-corrected chi connectivity index (χ2v) is 7.43. The molecule has 0 amide bonds. The fourth-order valence-electron chi connectivity index (χ4n) is 3.22. The standard InChI is InChI=1S/C12H22N2O4S/c1-3-4-7-13(2)19(17,18)14-9-5-6-11(14)10(8-9)12(15)16/h9-11H,3-8H2,1-2H3,(H,15,16). The normalized spacial score (nSPS) is 31.2. The van der Waals surface area contributed by atoms with Crippen molar-refractivity contribution in [1.29, 1.82) is 0 Å². The fourth-order valence-corrected chi connectivity index (χ4v) is 5.07. The number of aliphatic carboxylic acids is 1. The summed E-state index contributed by atoms with van der Waals surface area (Å²) in [6.45, 7) is 2.51. The molecule has 0 aromatic heterocycles. The smallest absolute Gasteiger partial charge is 0.308 e. The van der Waals surface area contributed by atoms with Crippen LogP contribution in [0.3, 0.4) is 0 Å². The van der Waals surface area contributed by atoms with Crippen molar-refractivity contribution in [2.45, 2.75) is 51.1 Å². The molecule has 3 atom stereocenters. The van der Waals surface area contributed by atoms with Gasteiger partial charge in [0.15, 0.2) is 0 Å². The number of hydrogen-bond acceptors (Lipinski definition) is 3. The molecule has 6 nitrogen and oxygen atoms in total. The van der Waals surface area contributed by atoms with Crippen LogP contribution in [-0.4, -0.2) is 53.8 Å². The molecule has 2 fully saturated rings. The van der Waals surface area contributed by atoms with Gasteiger partial charge in [0.05, 0.1) is 5.92 Å². The van der Waals surface area contributed by atoms with E-state index in [0.29, 0.717) is 19.4 Å². The van der Waals surface area contributed by atoms with Gasteiger partial charge in [-0.05, 0) is 25.7 Å². The maximum absolute atomic E-state index is 12.5. The monoisotopic (exact) mass is 290 g/mol. The average Bonchev–Trinajstić information content (AvgIpc) is 2.93. The van der Waals surface area contributed by atoms with E-state index in [-0.39, 0.29) is 12.1 Å². The van der Waals surface area contributed by atoms with E-state index in [2.05, 4.69) is 0 Å². The van der Waals surface area contributed by atoms with E-state index >= 15 is 0 Å². The van der Waals surface area contributed by atoms with Crippen molar-refractivity contribution in [3.63, 3.8) is 0 Å². The van der Waals surface area contributed by atoms with Gasteiger partial charge in [-0.25, -0.2) is 0 Å². The van der Waals surface area contributed by atoms with Crippen LogP contribution in [-0.2, 0) is 15.0 Å². The van der Waals surface area contributed by atoms with Gasteiger partial charge in [0.25, 0.3) is 10.2 Å². The molecule has 2 aliphatic heterocycles. The van der Waals surface area contributed by atoms with Crippen LogP contribution >= 0.6 is 0 Å². The first kappa shape index (κ1) is 14.7. The Morgan fingerprint density at radius 1 is 1.42 bits per heavy atom. The lowest BCUT2D eigenvalue weighted by molar-refractivity contribution is -0.142. The van der Waals surface area contributed by atoms with Crippen molar-refractivity contribution in [2.24, 2.45) is 5.92 Å². The summed E-state index contributed by atoms with van der Waals surface area (Å²) in [6, 6.07) is -0.475. The fraction of sp³-hybridized carbons (Fsp3) is 0.917. The molecule has 2 heterocycles. The first-order valence-corrected chi connectivity index (χ1v) is 8.27. The molecular weight excluding hydrogens is 268 g/mol. The molecular formula is C12H22N2O4S. The maximum atomic E-state index is 12.5. The second kappa shape index (κ2) is 5.38. The first-order valence-electron chi connectivity index (χ1n) is 6.87. The molecule has 7 heteroatoms. The Morgan fingerprint density at radius 3 is 2.63 bits per heavy atom. The second-order valence-electron chi connectivity index (χ2n) is 5.49. The minimum Gasteiger partial charge on any atom is -0.481 e. The van der Waals surface area contributed by atoms with Crippen LogP contribution in [0.25, 0.3) is 0 Å². The Labute approximate surface area is 114 Å². The van der Waals surface area contributed by atoms with Crippen molar-refractivity contribution in [1.82, 2.24) is 8.61 Å². The highest BCUT2D eigenvalue weighted by Crippen LogP contribution is 2.44. The van der Waals surface area contributed by atoms with Gasteiger partial charge in [-0.15, -0.1) is 0 Å². The number of fused-ring (bicyclic) bond motifs is 2. The van der Waals surface area contributed by atoms with E-state index < -0.39 is 22.1 Å². The summed E-state index contributed by atoms with van der Waals surface area (Å²) in [7, 11) is -1.93. The highest BCUT2D eigenvalue weighted by atomic mass is 32.2. The average molecular weight is 290 g/mol. The van der Waals surface area contributed by atoms with E-state index in [1.165, 1.54) is 8.61 Å². The van der Waals surface area contributed by atoms with E-state index in [1.54, 1.807) is 7.05 Å². The van der Waals surface area contributed by atoms with Crippen LogP contribution in [0.5, 0.6) is 0 Å². The third kappa shape index (κ3) is 2.51. The molecule has 19 heavy (non-hydrogen) atoms. The zero-order valence-corrected chi connectivity index (χ0v) is 12.3. The summed E-state index contributed by atoms with van der Waals surface area (Å²) in [5, 5.41) is 9.16. The van der Waals surface area contributed by atoms with Crippen LogP contribution in [0.2, 0.25) is 0 Å². The van der Waals surface area contributed by atoms with E-state index in [4.69, 9.17) is 5.11 Å². The third-order valence-electron chi connectivity index (χ3n) is 4.28. The lowest BCUT2D eigenvalue weighted by Crippen LogP contribution is -2.45. The Hall–Kier alpha value is -0.660. The molecule has 0 spiro atoms. The quantitative estimate of drug-likeness (QED) is 0.788. The molecule has 0 aliphatic carbocycles. The molecule has 2 aliphatic rings. The van der Waals surface area contributed by atoms with Gasteiger partial charge in [0.2, 0.25) is 0 Å². The molecule has 0 radical (unpaired) electrons. The molecule has 0 aromatic carbocycles. The van der Waals surface area contributed by atoms with Crippen LogP contribution in [0.1, 0.15) is 39.0 Å². The SMILES string of the molecule is CCCCN(C)S(=O)(=O)N1C2CCC1C(C(=O)O)C2. The van der Waals surface area contributed by atoms with Gasteiger partial charge in [-0.3, -0.25) is 4.79 Å². The molecule has 3 unspecified atom stereocenters. The summed E-state index contributed by atoms with van der Waals surface area (Å²) in [6.07, 6.45) is 3.67. The lowest BCUT2D eigenvalue weighted by Gasteiger charge is -2.27. The summed E-state index contributed by atoms with van der Waals surface area (Å²) in [5.74, 6) is -1.41. The first-order chi connectivity index (χ1) is 8.89. The predicted octanol–water partition coefficient (Wildman–Crippen LogP) is 0.901. The van der Waals surface area contributed by atoms with Crippen molar-refractivity contribution in [2.75, 3.05) is 13.6 Å². The molecule has 2 saturated heterocycles. The lowest BCUT2D eigenvalue weighted by atomic mass is 9.89. The summed E-state index contributed by atoms with van der Waals surface area (Å²) < 4.78 is 27.9.